The molecule has 1 saturated carbocycles. The number of hydrogen-bond acceptors (Lipinski definition) is 5. The number of rotatable bonds is 6. The lowest BCUT2D eigenvalue weighted by Gasteiger charge is -2.33. The Kier molecular flexibility index (Phi) is 5.72. The highest BCUT2D eigenvalue weighted by molar-refractivity contribution is 5.59. The first-order valence-electron chi connectivity index (χ1n) is 11.6. The van der Waals surface area contributed by atoms with E-state index in [0.717, 1.165) is 68.3 Å². The van der Waals surface area contributed by atoms with Crippen molar-refractivity contribution in [3.63, 3.8) is 0 Å². The van der Waals surface area contributed by atoms with E-state index in [-0.39, 0.29) is 6.10 Å². The third-order valence-corrected chi connectivity index (χ3v) is 6.92. The molecule has 1 aromatic heterocycles. The maximum Gasteiger partial charge on any atom is 0.227 e. The Morgan fingerprint density at radius 3 is 2.40 bits per heavy atom. The summed E-state index contributed by atoms with van der Waals surface area (Å²) in [5.74, 6) is 3.75. The average molecular weight is 406 g/mol. The minimum absolute atomic E-state index is 0.220. The lowest BCUT2D eigenvalue weighted by Crippen LogP contribution is -2.36. The number of piperidine rings is 1. The van der Waals surface area contributed by atoms with Crippen molar-refractivity contribution in [2.24, 2.45) is 11.8 Å². The van der Waals surface area contributed by atoms with E-state index >= 15 is 0 Å². The number of nitrogens with zero attached hydrogens (tertiary/aromatic N) is 5. The van der Waals surface area contributed by atoms with Crippen molar-refractivity contribution in [1.82, 2.24) is 14.8 Å². The highest BCUT2D eigenvalue weighted by Crippen LogP contribution is 2.39. The molecule has 0 amide bonds. The SMILES string of the molecule is N#Cc1ccc(-c2nnc(N3CCC(CC4CC4)CC3)n2CC2CCCCO2)cc1. The fourth-order valence-electron chi connectivity index (χ4n) is 4.95. The zero-order chi connectivity index (χ0) is 20.3. The summed E-state index contributed by atoms with van der Waals surface area (Å²) in [7, 11) is 0. The maximum atomic E-state index is 9.12. The molecule has 30 heavy (non-hydrogen) atoms. The summed E-state index contributed by atoms with van der Waals surface area (Å²) in [6.07, 6.45) is 10.5. The Morgan fingerprint density at radius 1 is 0.967 bits per heavy atom. The molecular formula is C24H31N5O. The van der Waals surface area contributed by atoms with Crippen molar-refractivity contribution < 1.29 is 4.74 Å². The van der Waals surface area contributed by atoms with Gasteiger partial charge in [-0.25, -0.2) is 0 Å². The molecule has 0 N–H and O–H groups in total. The fourth-order valence-corrected chi connectivity index (χ4v) is 4.95. The first-order chi connectivity index (χ1) is 14.8. The van der Waals surface area contributed by atoms with Gasteiger partial charge in [-0.2, -0.15) is 5.26 Å². The van der Waals surface area contributed by atoms with Crippen LogP contribution in [0.4, 0.5) is 5.95 Å². The zero-order valence-electron chi connectivity index (χ0n) is 17.7. The molecule has 1 aliphatic carbocycles. The van der Waals surface area contributed by atoms with E-state index in [1.54, 1.807) is 0 Å². The van der Waals surface area contributed by atoms with Crippen molar-refractivity contribution in [3.8, 4) is 17.5 Å². The van der Waals surface area contributed by atoms with Crippen LogP contribution in [0.1, 0.15) is 56.9 Å². The van der Waals surface area contributed by atoms with Gasteiger partial charge in [-0.15, -0.1) is 10.2 Å². The monoisotopic (exact) mass is 405 g/mol. The molecule has 6 heteroatoms. The third kappa shape index (κ3) is 4.37. The molecule has 2 aromatic rings. The molecular weight excluding hydrogens is 374 g/mol. The van der Waals surface area contributed by atoms with Crippen LogP contribution >= 0.6 is 0 Å². The standard InChI is InChI=1S/C24H31N5O/c25-16-20-6-8-21(9-7-20)23-26-27-24(29(23)17-22-3-1-2-14-30-22)28-12-10-19(11-13-28)15-18-4-5-18/h6-9,18-19,22H,1-5,10-15,17H2. The minimum atomic E-state index is 0.220. The Morgan fingerprint density at radius 2 is 1.73 bits per heavy atom. The normalized spacial score (nSPS) is 22.8. The molecule has 1 unspecified atom stereocenters. The van der Waals surface area contributed by atoms with Crippen LogP contribution in [0, 0.1) is 23.2 Å². The summed E-state index contributed by atoms with van der Waals surface area (Å²) in [6, 6.07) is 9.86. The predicted molar refractivity (Wildman–Crippen MR) is 116 cm³/mol. The summed E-state index contributed by atoms with van der Waals surface area (Å²) < 4.78 is 8.31. The number of hydrogen-bond donors (Lipinski definition) is 0. The first kappa shape index (κ1) is 19.6. The minimum Gasteiger partial charge on any atom is -0.376 e. The van der Waals surface area contributed by atoms with Gasteiger partial charge in [-0.05, 0) is 74.6 Å². The van der Waals surface area contributed by atoms with E-state index in [1.165, 1.54) is 38.5 Å². The smallest absolute Gasteiger partial charge is 0.227 e. The largest absolute Gasteiger partial charge is 0.376 e. The zero-order valence-corrected chi connectivity index (χ0v) is 17.7. The first-order valence-corrected chi connectivity index (χ1v) is 11.6. The van der Waals surface area contributed by atoms with Gasteiger partial charge in [0.2, 0.25) is 5.95 Å². The molecule has 0 bridgehead atoms. The molecule has 2 aliphatic heterocycles. The van der Waals surface area contributed by atoms with Crippen LogP contribution < -0.4 is 4.90 Å². The number of anilines is 1. The van der Waals surface area contributed by atoms with Gasteiger partial charge in [0.1, 0.15) is 0 Å². The van der Waals surface area contributed by atoms with E-state index in [9.17, 15) is 0 Å². The second-order valence-corrected chi connectivity index (χ2v) is 9.22. The van der Waals surface area contributed by atoms with E-state index in [0.29, 0.717) is 5.56 Å². The Labute approximate surface area is 178 Å². The highest BCUT2D eigenvalue weighted by atomic mass is 16.5. The van der Waals surface area contributed by atoms with Crippen molar-refractivity contribution >= 4 is 5.95 Å². The van der Waals surface area contributed by atoms with Gasteiger partial charge in [0.15, 0.2) is 5.82 Å². The molecule has 3 aliphatic rings. The summed E-state index contributed by atoms with van der Waals surface area (Å²) in [5.41, 5.74) is 1.67. The average Bonchev–Trinajstić information content (AvgIpc) is 3.52. The van der Waals surface area contributed by atoms with Gasteiger partial charge >= 0.3 is 0 Å². The van der Waals surface area contributed by atoms with Gasteiger partial charge in [0, 0.05) is 25.3 Å². The van der Waals surface area contributed by atoms with Gasteiger partial charge in [-0.1, -0.05) is 12.8 Å². The number of benzene rings is 1. The highest BCUT2D eigenvalue weighted by Gasteiger charge is 2.30. The molecule has 6 nitrogen and oxygen atoms in total. The quantitative estimate of drug-likeness (QED) is 0.712. The second-order valence-electron chi connectivity index (χ2n) is 9.22. The third-order valence-electron chi connectivity index (χ3n) is 6.92. The van der Waals surface area contributed by atoms with Crippen LogP contribution in [0.15, 0.2) is 24.3 Å². The molecule has 158 valence electrons. The topological polar surface area (TPSA) is 67.0 Å². The van der Waals surface area contributed by atoms with Gasteiger partial charge in [-0.3, -0.25) is 4.57 Å². The molecule has 1 aromatic carbocycles. The van der Waals surface area contributed by atoms with E-state index in [2.05, 4.69) is 25.7 Å². The lowest BCUT2D eigenvalue weighted by molar-refractivity contribution is 0.00635. The van der Waals surface area contributed by atoms with Crippen LogP contribution in [-0.2, 0) is 11.3 Å². The summed E-state index contributed by atoms with van der Waals surface area (Å²) in [5, 5.41) is 18.4. The van der Waals surface area contributed by atoms with Crippen molar-refractivity contribution in [3.05, 3.63) is 29.8 Å². The van der Waals surface area contributed by atoms with Crippen molar-refractivity contribution in [2.45, 2.75) is 64.0 Å². The summed E-state index contributed by atoms with van der Waals surface area (Å²) in [4.78, 5) is 2.42. The fraction of sp³-hybridized carbons (Fsp3) is 0.625. The number of nitriles is 1. The summed E-state index contributed by atoms with van der Waals surface area (Å²) in [6.45, 7) is 3.77. The van der Waals surface area contributed by atoms with E-state index in [1.807, 2.05) is 24.3 Å². The van der Waals surface area contributed by atoms with Crippen LogP contribution in [0.3, 0.4) is 0 Å². The van der Waals surface area contributed by atoms with E-state index in [4.69, 9.17) is 10.00 Å². The Hall–Kier alpha value is -2.39. The summed E-state index contributed by atoms with van der Waals surface area (Å²) >= 11 is 0. The van der Waals surface area contributed by atoms with Gasteiger partial charge in [0.05, 0.1) is 24.3 Å². The molecule has 3 fully saturated rings. The number of aromatic nitrogens is 3. The Bertz CT molecular complexity index is 881. The van der Waals surface area contributed by atoms with Crippen LogP contribution in [0.5, 0.6) is 0 Å². The van der Waals surface area contributed by atoms with Crippen molar-refractivity contribution in [2.75, 3.05) is 24.6 Å². The van der Waals surface area contributed by atoms with Crippen LogP contribution in [0.2, 0.25) is 0 Å². The molecule has 3 heterocycles. The lowest BCUT2D eigenvalue weighted by atomic mass is 9.91. The molecule has 0 spiro atoms. The Balaban J connectivity index is 1.38. The van der Waals surface area contributed by atoms with E-state index < -0.39 is 0 Å². The second kappa shape index (κ2) is 8.77. The van der Waals surface area contributed by atoms with Crippen molar-refractivity contribution in [1.29, 1.82) is 5.26 Å². The molecule has 2 saturated heterocycles. The number of ether oxygens (including phenoxy) is 1. The van der Waals surface area contributed by atoms with Crippen LogP contribution in [0.25, 0.3) is 11.4 Å². The molecule has 0 radical (unpaired) electrons. The maximum absolute atomic E-state index is 9.12. The molecule has 5 rings (SSSR count). The molecule has 1 atom stereocenters. The van der Waals surface area contributed by atoms with Gasteiger partial charge < -0.3 is 9.64 Å². The predicted octanol–water partition coefficient (Wildman–Crippen LogP) is 4.40. The van der Waals surface area contributed by atoms with Gasteiger partial charge in [0.25, 0.3) is 0 Å². The van der Waals surface area contributed by atoms with Crippen LogP contribution in [-0.4, -0.2) is 40.6 Å².